The van der Waals surface area contributed by atoms with Crippen molar-refractivity contribution in [2.45, 2.75) is 49.7 Å². The van der Waals surface area contributed by atoms with Crippen LogP contribution in [-0.4, -0.2) is 51.2 Å². The van der Waals surface area contributed by atoms with Crippen LogP contribution in [0.3, 0.4) is 0 Å². The van der Waals surface area contributed by atoms with Crippen LogP contribution in [0.4, 0.5) is 4.79 Å². The Kier molecular flexibility index (Phi) is 6.22. The molecule has 2 atom stereocenters. The van der Waals surface area contributed by atoms with E-state index in [1.807, 2.05) is 0 Å². The minimum absolute atomic E-state index is 0.0101. The van der Waals surface area contributed by atoms with Gasteiger partial charge in [-0.2, -0.15) is 0 Å². The van der Waals surface area contributed by atoms with Crippen molar-refractivity contribution in [1.82, 2.24) is 25.4 Å². The Morgan fingerprint density at radius 2 is 2.35 bits per heavy atom. The summed E-state index contributed by atoms with van der Waals surface area (Å²) >= 11 is 1.12. The smallest absolute Gasteiger partial charge is 0.344 e. The Morgan fingerprint density at radius 3 is 3.00 bits per heavy atom. The van der Waals surface area contributed by atoms with Gasteiger partial charge in [-0.3, -0.25) is 14.7 Å². The van der Waals surface area contributed by atoms with E-state index < -0.39 is 17.2 Å². The van der Waals surface area contributed by atoms with Crippen molar-refractivity contribution in [2.24, 2.45) is 0 Å². The summed E-state index contributed by atoms with van der Waals surface area (Å²) in [6, 6.07) is -0.538. The fourth-order valence-electron chi connectivity index (χ4n) is 2.18. The zero-order valence-corrected chi connectivity index (χ0v) is 13.9. The maximum absolute atomic E-state index is 12.0. The Bertz CT molecular complexity index is 608. The Balaban J connectivity index is 1.97. The molecule has 23 heavy (non-hydrogen) atoms. The van der Waals surface area contributed by atoms with E-state index in [1.54, 1.807) is 13.8 Å². The second-order valence-corrected chi connectivity index (χ2v) is 6.47. The minimum Gasteiger partial charge on any atom is -0.376 e. The largest absolute Gasteiger partial charge is 0.376 e. The summed E-state index contributed by atoms with van der Waals surface area (Å²) in [5.41, 5.74) is -0.334. The van der Waals surface area contributed by atoms with Crippen molar-refractivity contribution >= 4 is 23.7 Å². The number of hydrogen-bond donors (Lipinski definition) is 3. The lowest BCUT2D eigenvalue weighted by Crippen LogP contribution is -2.42. The van der Waals surface area contributed by atoms with Gasteiger partial charge in [0.05, 0.1) is 17.9 Å². The molecule has 0 aromatic carbocycles. The van der Waals surface area contributed by atoms with Crippen molar-refractivity contribution in [2.75, 3.05) is 13.2 Å². The first-order valence-electron chi connectivity index (χ1n) is 7.53. The highest BCUT2D eigenvalue weighted by Crippen LogP contribution is 2.21. The molecule has 10 heteroatoms. The van der Waals surface area contributed by atoms with Gasteiger partial charge in [-0.05, 0) is 26.7 Å². The predicted molar refractivity (Wildman–Crippen MR) is 84.4 cm³/mol. The van der Waals surface area contributed by atoms with E-state index in [2.05, 4.69) is 20.8 Å². The van der Waals surface area contributed by atoms with Crippen LogP contribution in [0.25, 0.3) is 0 Å². The summed E-state index contributed by atoms with van der Waals surface area (Å²) in [5.74, 6) is -0.444. The molecule has 3 amide bonds. The lowest BCUT2D eigenvalue weighted by molar-refractivity contribution is -0.119. The first-order valence-corrected chi connectivity index (χ1v) is 8.41. The van der Waals surface area contributed by atoms with Crippen LogP contribution in [0.5, 0.6) is 0 Å². The third-order valence-electron chi connectivity index (χ3n) is 3.36. The normalized spacial score (nSPS) is 18.6. The van der Waals surface area contributed by atoms with Crippen molar-refractivity contribution in [1.29, 1.82) is 0 Å². The molecular formula is C13H21N5O4S. The molecule has 0 spiro atoms. The van der Waals surface area contributed by atoms with Crippen LogP contribution in [0, 0.1) is 0 Å². The number of ether oxygens (including phenoxy) is 1. The molecule has 3 N–H and O–H groups in total. The Hall–Kier alpha value is -1.81. The topological polar surface area (TPSA) is 118 Å². The number of urea groups is 1. The van der Waals surface area contributed by atoms with Crippen LogP contribution < -0.4 is 16.3 Å². The van der Waals surface area contributed by atoms with Gasteiger partial charge in [0.2, 0.25) is 5.91 Å². The number of aromatic nitrogens is 3. The van der Waals surface area contributed by atoms with Gasteiger partial charge in [-0.15, -0.1) is 5.10 Å². The number of amides is 3. The second kappa shape index (κ2) is 8.16. The number of aromatic amines is 1. The van der Waals surface area contributed by atoms with Gasteiger partial charge in [-0.25, -0.2) is 14.7 Å². The molecule has 1 aliphatic heterocycles. The van der Waals surface area contributed by atoms with E-state index in [0.29, 0.717) is 24.9 Å². The van der Waals surface area contributed by atoms with Crippen molar-refractivity contribution in [3.05, 3.63) is 10.5 Å². The average molecular weight is 343 g/mol. The van der Waals surface area contributed by atoms with E-state index in [1.165, 1.54) is 4.57 Å². The standard InChI is InChI=1S/C13H21N5O4S/c1-3-14-11(20)15-10(19)8(2)23-13-17-16-12(21)18(13)7-9-5-4-6-22-9/h8-9H,3-7H2,1-2H3,(H,16,21)(H2,14,15,19,20)/t8-,9+/m1/s1. The fraction of sp³-hybridized carbons (Fsp3) is 0.692. The van der Waals surface area contributed by atoms with Crippen LogP contribution in [0.15, 0.2) is 9.95 Å². The molecule has 0 radical (unpaired) electrons. The monoisotopic (exact) mass is 343 g/mol. The first kappa shape index (κ1) is 17.5. The molecule has 2 heterocycles. The summed E-state index contributed by atoms with van der Waals surface area (Å²) in [6.07, 6.45) is 1.86. The zero-order valence-electron chi connectivity index (χ0n) is 13.1. The molecule has 2 rings (SSSR count). The number of carbonyl (C=O) groups excluding carboxylic acids is 2. The molecule has 9 nitrogen and oxygen atoms in total. The van der Waals surface area contributed by atoms with Gasteiger partial charge >= 0.3 is 11.7 Å². The quantitative estimate of drug-likeness (QED) is 0.630. The highest BCUT2D eigenvalue weighted by Gasteiger charge is 2.23. The Labute approximate surface area is 137 Å². The fourth-order valence-corrected chi connectivity index (χ4v) is 3.04. The van der Waals surface area contributed by atoms with Crippen molar-refractivity contribution in [3.8, 4) is 0 Å². The minimum atomic E-state index is -0.573. The van der Waals surface area contributed by atoms with Crippen LogP contribution in [0.1, 0.15) is 26.7 Å². The summed E-state index contributed by atoms with van der Waals surface area (Å²) in [5, 5.41) is 10.9. The molecule has 1 aromatic rings. The van der Waals surface area contributed by atoms with Crippen LogP contribution in [-0.2, 0) is 16.1 Å². The number of H-pyrrole nitrogens is 1. The van der Waals surface area contributed by atoms with Crippen molar-refractivity contribution < 1.29 is 14.3 Å². The van der Waals surface area contributed by atoms with E-state index in [0.717, 1.165) is 24.6 Å². The van der Waals surface area contributed by atoms with Crippen molar-refractivity contribution in [3.63, 3.8) is 0 Å². The first-order chi connectivity index (χ1) is 11.0. The number of rotatable bonds is 6. The predicted octanol–water partition coefficient (Wildman–Crippen LogP) is 0.0767. The van der Waals surface area contributed by atoms with Gasteiger partial charge in [0.25, 0.3) is 0 Å². The number of nitrogens with zero attached hydrogens (tertiary/aromatic N) is 2. The molecule has 0 saturated carbocycles. The molecule has 0 bridgehead atoms. The SMILES string of the molecule is CCNC(=O)NC(=O)[C@@H](C)Sc1n[nH]c(=O)n1C[C@@H]1CCCO1. The number of hydrogen-bond acceptors (Lipinski definition) is 6. The molecule has 1 aliphatic rings. The average Bonchev–Trinajstić information content (AvgIpc) is 3.12. The lowest BCUT2D eigenvalue weighted by Gasteiger charge is -2.13. The summed E-state index contributed by atoms with van der Waals surface area (Å²) in [6.45, 7) is 4.94. The van der Waals surface area contributed by atoms with Gasteiger partial charge < -0.3 is 10.1 Å². The van der Waals surface area contributed by atoms with Gasteiger partial charge in [0.15, 0.2) is 5.16 Å². The summed E-state index contributed by atoms with van der Waals surface area (Å²) in [7, 11) is 0. The highest BCUT2D eigenvalue weighted by molar-refractivity contribution is 8.00. The number of thioether (sulfide) groups is 1. The number of nitrogens with one attached hydrogen (secondary N) is 3. The van der Waals surface area contributed by atoms with E-state index in [9.17, 15) is 14.4 Å². The van der Waals surface area contributed by atoms with E-state index >= 15 is 0 Å². The zero-order chi connectivity index (χ0) is 16.8. The molecule has 1 fully saturated rings. The molecule has 0 aliphatic carbocycles. The Morgan fingerprint density at radius 1 is 1.57 bits per heavy atom. The van der Waals surface area contributed by atoms with Gasteiger partial charge in [0, 0.05) is 13.2 Å². The molecule has 128 valence electrons. The van der Waals surface area contributed by atoms with E-state index in [4.69, 9.17) is 4.74 Å². The third kappa shape index (κ3) is 4.83. The lowest BCUT2D eigenvalue weighted by atomic mass is 10.2. The van der Waals surface area contributed by atoms with Crippen LogP contribution in [0.2, 0.25) is 0 Å². The van der Waals surface area contributed by atoms with Gasteiger partial charge in [0.1, 0.15) is 0 Å². The summed E-state index contributed by atoms with van der Waals surface area (Å²) in [4.78, 5) is 35.2. The molecule has 1 aromatic heterocycles. The highest BCUT2D eigenvalue weighted by atomic mass is 32.2. The van der Waals surface area contributed by atoms with Crippen LogP contribution >= 0.6 is 11.8 Å². The maximum atomic E-state index is 12.0. The molecule has 0 unspecified atom stereocenters. The maximum Gasteiger partial charge on any atom is 0.344 e. The van der Waals surface area contributed by atoms with E-state index in [-0.39, 0.29) is 11.8 Å². The number of imide groups is 1. The summed E-state index contributed by atoms with van der Waals surface area (Å²) < 4.78 is 6.99. The molecule has 1 saturated heterocycles. The number of carbonyl (C=O) groups is 2. The second-order valence-electron chi connectivity index (χ2n) is 5.17. The molecular weight excluding hydrogens is 322 g/mol. The third-order valence-corrected chi connectivity index (χ3v) is 4.45. The van der Waals surface area contributed by atoms with Gasteiger partial charge in [-0.1, -0.05) is 11.8 Å².